The lowest BCUT2D eigenvalue weighted by Crippen LogP contribution is -2.37. The van der Waals surface area contributed by atoms with E-state index in [1.54, 1.807) is 11.3 Å². The number of para-hydroxylation sites is 1. The number of rotatable bonds is 4. The van der Waals surface area contributed by atoms with Crippen molar-refractivity contribution in [2.45, 2.75) is 26.3 Å². The van der Waals surface area contributed by atoms with E-state index in [4.69, 9.17) is 0 Å². The minimum Gasteiger partial charge on any atom is -0.384 e. The molecule has 0 bridgehead atoms. The quantitative estimate of drug-likeness (QED) is 0.910. The molecule has 1 aromatic heterocycles. The highest BCUT2D eigenvalue weighted by Crippen LogP contribution is 2.24. The summed E-state index contributed by atoms with van der Waals surface area (Å²) >= 11 is 1.78. The summed E-state index contributed by atoms with van der Waals surface area (Å²) in [6, 6.07) is 12.5. The van der Waals surface area contributed by atoms with Crippen molar-refractivity contribution in [2.24, 2.45) is 5.92 Å². The predicted molar refractivity (Wildman–Crippen MR) is 87.7 cm³/mol. The minimum absolute atomic E-state index is 0.0190. The Kier molecular flexibility index (Phi) is 4.25. The van der Waals surface area contributed by atoms with Gasteiger partial charge in [-0.05, 0) is 36.6 Å². The Morgan fingerprint density at radius 2 is 2.10 bits per heavy atom. The molecule has 1 unspecified atom stereocenters. The molecule has 0 saturated carbocycles. The molecule has 2 N–H and O–H groups in total. The third kappa shape index (κ3) is 3.27. The molecule has 0 aliphatic carbocycles. The third-order valence-electron chi connectivity index (χ3n) is 3.90. The summed E-state index contributed by atoms with van der Waals surface area (Å²) in [6.07, 6.45) is 1.88. The standard InChI is InChI=1S/C17H20N2OS/c1-2-14-7-8-15(21-14)11-19-17(20)13-9-12-5-3-4-6-16(12)18-10-13/h3-8,13,18H,2,9-11H2,1H3,(H,19,20). The van der Waals surface area contributed by atoms with Gasteiger partial charge in [0.2, 0.25) is 5.91 Å². The summed E-state index contributed by atoms with van der Waals surface area (Å²) < 4.78 is 0. The van der Waals surface area contributed by atoms with Gasteiger partial charge in [-0.15, -0.1) is 11.3 Å². The summed E-state index contributed by atoms with van der Waals surface area (Å²) in [4.78, 5) is 14.9. The van der Waals surface area contributed by atoms with Gasteiger partial charge in [-0.1, -0.05) is 25.1 Å². The van der Waals surface area contributed by atoms with E-state index in [-0.39, 0.29) is 11.8 Å². The minimum atomic E-state index is 0.0190. The van der Waals surface area contributed by atoms with E-state index >= 15 is 0 Å². The Morgan fingerprint density at radius 1 is 1.29 bits per heavy atom. The van der Waals surface area contributed by atoms with Crippen LogP contribution in [0.1, 0.15) is 22.2 Å². The van der Waals surface area contributed by atoms with Gasteiger partial charge in [0.05, 0.1) is 12.5 Å². The first-order valence-corrected chi connectivity index (χ1v) is 8.25. The number of fused-ring (bicyclic) bond motifs is 1. The van der Waals surface area contributed by atoms with E-state index in [1.165, 1.54) is 15.3 Å². The van der Waals surface area contributed by atoms with Crippen molar-refractivity contribution >= 4 is 22.9 Å². The van der Waals surface area contributed by atoms with Gasteiger partial charge in [-0.25, -0.2) is 0 Å². The number of thiophene rings is 1. The summed E-state index contributed by atoms with van der Waals surface area (Å²) in [5.41, 5.74) is 2.39. The highest BCUT2D eigenvalue weighted by molar-refractivity contribution is 7.11. The molecule has 0 radical (unpaired) electrons. The van der Waals surface area contributed by atoms with Gasteiger partial charge < -0.3 is 10.6 Å². The number of amides is 1. The van der Waals surface area contributed by atoms with Crippen molar-refractivity contribution in [3.05, 3.63) is 51.7 Å². The van der Waals surface area contributed by atoms with Crippen LogP contribution < -0.4 is 10.6 Å². The van der Waals surface area contributed by atoms with Crippen molar-refractivity contribution < 1.29 is 4.79 Å². The molecule has 1 atom stereocenters. The molecule has 1 aromatic carbocycles. The number of hydrogen-bond acceptors (Lipinski definition) is 3. The SMILES string of the molecule is CCc1ccc(CNC(=O)C2CNc3ccccc3C2)s1. The van der Waals surface area contributed by atoms with Gasteiger partial charge >= 0.3 is 0 Å². The summed E-state index contributed by atoms with van der Waals surface area (Å²) in [5, 5.41) is 6.42. The third-order valence-corrected chi connectivity index (χ3v) is 5.13. The second-order valence-electron chi connectivity index (χ2n) is 5.38. The van der Waals surface area contributed by atoms with Crippen LogP contribution in [0.25, 0.3) is 0 Å². The van der Waals surface area contributed by atoms with E-state index < -0.39 is 0 Å². The van der Waals surface area contributed by atoms with Gasteiger partial charge in [0.1, 0.15) is 0 Å². The Morgan fingerprint density at radius 3 is 2.90 bits per heavy atom. The molecular weight excluding hydrogens is 280 g/mol. The molecule has 1 aliphatic rings. The van der Waals surface area contributed by atoms with Crippen LogP contribution in [-0.4, -0.2) is 12.5 Å². The number of aryl methyl sites for hydroxylation is 1. The fourth-order valence-corrected chi connectivity index (χ4v) is 3.55. The number of nitrogens with one attached hydrogen (secondary N) is 2. The molecule has 1 amide bonds. The number of carbonyl (C=O) groups is 1. The average molecular weight is 300 g/mol. The molecular formula is C17H20N2OS. The molecule has 0 spiro atoms. The van der Waals surface area contributed by atoms with Gasteiger partial charge in [0.25, 0.3) is 0 Å². The zero-order valence-corrected chi connectivity index (χ0v) is 13.0. The summed E-state index contributed by atoms with van der Waals surface area (Å²) in [5.74, 6) is 0.161. The van der Waals surface area contributed by atoms with Crippen molar-refractivity contribution in [3.63, 3.8) is 0 Å². The monoisotopic (exact) mass is 300 g/mol. The molecule has 4 heteroatoms. The molecule has 21 heavy (non-hydrogen) atoms. The maximum absolute atomic E-state index is 12.3. The Labute approximate surface area is 129 Å². The maximum atomic E-state index is 12.3. The number of anilines is 1. The smallest absolute Gasteiger partial charge is 0.225 e. The van der Waals surface area contributed by atoms with Crippen molar-refractivity contribution in [3.8, 4) is 0 Å². The Bertz CT molecular complexity index is 635. The van der Waals surface area contributed by atoms with Crippen LogP contribution in [0.15, 0.2) is 36.4 Å². The molecule has 0 saturated heterocycles. The van der Waals surface area contributed by atoms with E-state index in [0.717, 1.165) is 18.5 Å². The van der Waals surface area contributed by atoms with Crippen LogP contribution in [-0.2, 0) is 24.2 Å². The molecule has 2 heterocycles. The van der Waals surface area contributed by atoms with Gasteiger partial charge in [0, 0.05) is 22.0 Å². The van der Waals surface area contributed by atoms with E-state index in [2.05, 4.69) is 41.8 Å². The van der Waals surface area contributed by atoms with E-state index in [0.29, 0.717) is 13.1 Å². The fraction of sp³-hybridized carbons (Fsp3) is 0.353. The highest BCUT2D eigenvalue weighted by Gasteiger charge is 2.23. The molecule has 2 aromatic rings. The second-order valence-corrected chi connectivity index (χ2v) is 6.63. The zero-order chi connectivity index (χ0) is 14.7. The van der Waals surface area contributed by atoms with Crippen LogP contribution in [0.4, 0.5) is 5.69 Å². The van der Waals surface area contributed by atoms with Crippen molar-refractivity contribution in [1.29, 1.82) is 0 Å². The van der Waals surface area contributed by atoms with Crippen molar-refractivity contribution in [1.82, 2.24) is 5.32 Å². The van der Waals surface area contributed by atoms with E-state index in [9.17, 15) is 4.79 Å². The van der Waals surface area contributed by atoms with E-state index in [1.807, 2.05) is 12.1 Å². The predicted octanol–water partition coefficient (Wildman–Crippen LogP) is 3.21. The lowest BCUT2D eigenvalue weighted by molar-refractivity contribution is -0.124. The van der Waals surface area contributed by atoms with Gasteiger partial charge in [0.15, 0.2) is 0 Å². The van der Waals surface area contributed by atoms with Crippen LogP contribution >= 0.6 is 11.3 Å². The number of carbonyl (C=O) groups excluding carboxylic acids is 1. The molecule has 1 aliphatic heterocycles. The van der Waals surface area contributed by atoms with Crippen molar-refractivity contribution in [2.75, 3.05) is 11.9 Å². The van der Waals surface area contributed by atoms with Crippen LogP contribution in [0, 0.1) is 5.92 Å². The first-order valence-electron chi connectivity index (χ1n) is 7.43. The largest absolute Gasteiger partial charge is 0.384 e. The summed E-state index contributed by atoms with van der Waals surface area (Å²) in [6.45, 7) is 3.51. The maximum Gasteiger partial charge on any atom is 0.225 e. The van der Waals surface area contributed by atoms with Gasteiger partial charge in [-0.2, -0.15) is 0 Å². The number of hydrogen-bond donors (Lipinski definition) is 2. The molecule has 3 nitrogen and oxygen atoms in total. The second kappa shape index (κ2) is 6.31. The molecule has 0 fully saturated rings. The number of benzene rings is 1. The first-order chi connectivity index (χ1) is 10.3. The Balaban J connectivity index is 1.57. The van der Waals surface area contributed by atoms with Gasteiger partial charge in [-0.3, -0.25) is 4.79 Å². The highest BCUT2D eigenvalue weighted by atomic mass is 32.1. The lowest BCUT2D eigenvalue weighted by Gasteiger charge is -2.25. The fourth-order valence-electron chi connectivity index (χ4n) is 2.65. The topological polar surface area (TPSA) is 41.1 Å². The zero-order valence-electron chi connectivity index (χ0n) is 12.2. The summed E-state index contributed by atoms with van der Waals surface area (Å²) in [7, 11) is 0. The van der Waals surface area contributed by atoms with Crippen LogP contribution in [0.3, 0.4) is 0 Å². The first kappa shape index (κ1) is 14.1. The molecule has 110 valence electrons. The molecule has 3 rings (SSSR count). The lowest BCUT2D eigenvalue weighted by atomic mass is 9.93. The van der Waals surface area contributed by atoms with Crippen LogP contribution in [0.5, 0.6) is 0 Å². The Hall–Kier alpha value is -1.81. The average Bonchev–Trinajstić information content (AvgIpc) is 3.00. The normalized spacial score (nSPS) is 16.9. The van der Waals surface area contributed by atoms with Crippen LogP contribution in [0.2, 0.25) is 0 Å².